The average Bonchev–Trinajstić information content (AvgIpc) is 2.73. The first-order valence-corrected chi connectivity index (χ1v) is 11.4. The summed E-state index contributed by atoms with van der Waals surface area (Å²) in [6.45, 7) is 2.49. The molecule has 0 spiro atoms. The zero-order valence-electron chi connectivity index (χ0n) is 16.6. The van der Waals surface area contributed by atoms with Crippen LogP contribution in [0.15, 0.2) is 59.5 Å². The van der Waals surface area contributed by atoms with E-state index in [0.29, 0.717) is 19.4 Å². The Morgan fingerprint density at radius 1 is 1.17 bits per heavy atom. The van der Waals surface area contributed by atoms with Crippen molar-refractivity contribution in [2.75, 3.05) is 13.1 Å². The van der Waals surface area contributed by atoms with Crippen LogP contribution in [0.25, 0.3) is 0 Å². The minimum atomic E-state index is -3.73. The van der Waals surface area contributed by atoms with E-state index in [0.717, 1.165) is 25.0 Å². The van der Waals surface area contributed by atoms with Gasteiger partial charge in [-0.05, 0) is 62.4 Å². The molecule has 29 heavy (non-hydrogen) atoms. The maximum absolute atomic E-state index is 13.1. The van der Waals surface area contributed by atoms with Crippen LogP contribution in [0.5, 0.6) is 0 Å². The van der Waals surface area contributed by atoms with Gasteiger partial charge in [-0.15, -0.1) is 0 Å². The highest BCUT2D eigenvalue weighted by Crippen LogP contribution is 2.24. The molecule has 156 valence electrons. The van der Waals surface area contributed by atoms with Crippen LogP contribution >= 0.6 is 0 Å². The van der Waals surface area contributed by atoms with Crippen LogP contribution in [-0.4, -0.2) is 37.8 Å². The Morgan fingerprint density at radius 2 is 1.86 bits per heavy atom. The first kappa shape index (κ1) is 21.5. The average molecular weight is 419 g/mol. The van der Waals surface area contributed by atoms with Gasteiger partial charge in [-0.1, -0.05) is 30.3 Å². The van der Waals surface area contributed by atoms with E-state index in [1.165, 1.54) is 22.0 Å². The Labute approximate surface area is 172 Å². The Hall–Kier alpha value is -2.25. The van der Waals surface area contributed by atoms with Crippen molar-refractivity contribution in [2.24, 2.45) is 5.92 Å². The first-order chi connectivity index (χ1) is 13.9. The van der Waals surface area contributed by atoms with Crippen molar-refractivity contribution >= 4 is 15.9 Å². The van der Waals surface area contributed by atoms with E-state index >= 15 is 0 Å². The van der Waals surface area contributed by atoms with Gasteiger partial charge in [0.25, 0.3) is 0 Å². The second-order valence-corrected chi connectivity index (χ2v) is 9.53. The molecular formula is C22H27FN2O3S. The van der Waals surface area contributed by atoms with Gasteiger partial charge in [-0.2, -0.15) is 4.31 Å². The number of hydrogen-bond acceptors (Lipinski definition) is 3. The molecule has 0 bridgehead atoms. The van der Waals surface area contributed by atoms with E-state index in [4.69, 9.17) is 0 Å². The van der Waals surface area contributed by atoms with E-state index in [1.807, 2.05) is 25.1 Å². The number of carbonyl (C=O) groups is 1. The van der Waals surface area contributed by atoms with Gasteiger partial charge in [0.15, 0.2) is 0 Å². The molecule has 1 saturated heterocycles. The molecule has 1 aliphatic rings. The van der Waals surface area contributed by atoms with Gasteiger partial charge in [0, 0.05) is 19.1 Å². The van der Waals surface area contributed by atoms with Crippen LogP contribution in [-0.2, 0) is 21.2 Å². The molecule has 1 aliphatic heterocycles. The number of benzene rings is 2. The van der Waals surface area contributed by atoms with Crippen molar-refractivity contribution in [3.05, 3.63) is 66.0 Å². The highest BCUT2D eigenvalue weighted by Gasteiger charge is 2.33. The minimum Gasteiger partial charge on any atom is -0.353 e. The molecule has 0 saturated carbocycles. The lowest BCUT2D eigenvalue weighted by Gasteiger charge is -2.32. The number of carbonyl (C=O) groups excluding carboxylic acids is 1. The standard InChI is InChI=1S/C22H27FN2O3S/c1-17(9-10-18-6-3-2-4-7-18)24-22(26)19-8-5-15-25(16-19)29(27,28)21-13-11-20(23)12-14-21/h2-4,6-7,11-14,17,19H,5,8-10,15-16H2,1H3,(H,24,26)/t17-,19+/m1/s1. The molecule has 0 aromatic heterocycles. The third-order valence-electron chi connectivity index (χ3n) is 5.30. The molecular weight excluding hydrogens is 391 g/mol. The third kappa shape index (κ3) is 5.64. The zero-order chi connectivity index (χ0) is 20.9. The van der Waals surface area contributed by atoms with Gasteiger partial charge in [0.2, 0.25) is 15.9 Å². The van der Waals surface area contributed by atoms with Crippen molar-refractivity contribution in [1.29, 1.82) is 0 Å². The molecule has 1 amide bonds. The number of hydrogen-bond donors (Lipinski definition) is 1. The molecule has 2 aromatic rings. The molecule has 2 atom stereocenters. The van der Waals surface area contributed by atoms with E-state index in [1.54, 1.807) is 0 Å². The molecule has 1 N–H and O–H groups in total. The van der Waals surface area contributed by atoms with Gasteiger partial charge < -0.3 is 5.32 Å². The van der Waals surface area contributed by atoms with Crippen molar-refractivity contribution in [2.45, 2.75) is 43.5 Å². The third-order valence-corrected chi connectivity index (χ3v) is 7.18. The van der Waals surface area contributed by atoms with Crippen LogP contribution < -0.4 is 5.32 Å². The molecule has 0 unspecified atom stereocenters. The number of nitrogens with one attached hydrogen (secondary N) is 1. The lowest BCUT2D eigenvalue weighted by molar-refractivity contribution is -0.126. The Morgan fingerprint density at radius 3 is 2.55 bits per heavy atom. The number of piperidine rings is 1. The molecule has 7 heteroatoms. The molecule has 0 radical (unpaired) electrons. The fourth-order valence-electron chi connectivity index (χ4n) is 3.59. The summed E-state index contributed by atoms with van der Waals surface area (Å²) in [7, 11) is -3.73. The van der Waals surface area contributed by atoms with Crippen molar-refractivity contribution in [3.63, 3.8) is 0 Å². The topological polar surface area (TPSA) is 66.5 Å². The molecule has 3 rings (SSSR count). The SMILES string of the molecule is C[C@H](CCc1ccccc1)NC(=O)[C@H]1CCCN(S(=O)(=O)c2ccc(F)cc2)C1. The fraction of sp³-hybridized carbons (Fsp3) is 0.409. The Balaban J connectivity index is 1.56. The van der Waals surface area contributed by atoms with E-state index in [2.05, 4.69) is 17.4 Å². The summed E-state index contributed by atoms with van der Waals surface area (Å²) in [4.78, 5) is 12.7. The van der Waals surface area contributed by atoms with Crippen LogP contribution in [0, 0.1) is 11.7 Å². The second-order valence-electron chi connectivity index (χ2n) is 7.59. The number of rotatable bonds is 7. The van der Waals surface area contributed by atoms with E-state index < -0.39 is 15.8 Å². The Kier molecular flexibility index (Phi) is 7.03. The summed E-state index contributed by atoms with van der Waals surface area (Å²) in [5.41, 5.74) is 1.22. The number of aryl methyl sites for hydroxylation is 1. The van der Waals surface area contributed by atoms with E-state index in [-0.39, 0.29) is 29.3 Å². The maximum atomic E-state index is 13.1. The monoisotopic (exact) mass is 418 g/mol. The van der Waals surface area contributed by atoms with Gasteiger partial charge in [0.05, 0.1) is 10.8 Å². The molecule has 1 heterocycles. The molecule has 0 aliphatic carbocycles. The van der Waals surface area contributed by atoms with E-state index in [9.17, 15) is 17.6 Å². The summed E-state index contributed by atoms with van der Waals surface area (Å²) in [5, 5.41) is 3.03. The highest BCUT2D eigenvalue weighted by atomic mass is 32.2. The maximum Gasteiger partial charge on any atom is 0.243 e. The summed E-state index contributed by atoms with van der Waals surface area (Å²) in [6, 6.07) is 14.9. The van der Waals surface area contributed by atoms with Crippen LogP contribution in [0.1, 0.15) is 31.7 Å². The molecule has 1 fully saturated rings. The Bertz CT molecular complexity index is 917. The minimum absolute atomic E-state index is 0.00629. The van der Waals surface area contributed by atoms with Crippen LogP contribution in [0.4, 0.5) is 4.39 Å². The van der Waals surface area contributed by atoms with Gasteiger partial charge in [-0.3, -0.25) is 4.79 Å². The highest BCUT2D eigenvalue weighted by molar-refractivity contribution is 7.89. The number of halogens is 1. The smallest absolute Gasteiger partial charge is 0.243 e. The second kappa shape index (κ2) is 9.50. The lowest BCUT2D eigenvalue weighted by Crippen LogP contribution is -2.47. The van der Waals surface area contributed by atoms with Crippen LogP contribution in [0.3, 0.4) is 0 Å². The lowest BCUT2D eigenvalue weighted by atomic mass is 9.98. The summed E-state index contributed by atoms with van der Waals surface area (Å²) in [5.74, 6) is -0.966. The summed E-state index contributed by atoms with van der Waals surface area (Å²) < 4.78 is 40.1. The number of sulfonamides is 1. The van der Waals surface area contributed by atoms with Crippen LogP contribution in [0.2, 0.25) is 0 Å². The predicted octanol–water partition coefficient (Wildman–Crippen LogP) is 3.36. The summed E-state index contributed by atoms with van der Waals surface area (Å²) in [6.07, 6.45) is 2.97. The predicted molar refractivity (Wildman–Crippen MR) is 110 cm³/mol. The van der Waals surface area contributed by atoms with Gasteiger partial charge in [0.1, 0.15) is 5.82 Å². The number of amides is 1. The zero-order valence-corrected chi connectivity index (χ0v) is 17.4. The molecule has 2 aromatic carbocycles. The van der Waals surface area contributed by atoms with Crippen molar-refractivity contribution < 1.29 is 17.6 Å². The summed E-state index contributed by atoms with van der Waals surface area (Å²) >= 11 is 0. The first-order valence-electron chi connectivity index (χ1n) is 9.96. The van der Waals surface area contributed by atoms with Gasteiger partial charge >= 0.3 is 0 Å². The van der Waals surface area contributed by atoms with Gasteiger partial charge in [-0.25, -0.2) is 12.8 Å². The quantitative estimate of drug-likeness (QED) is 0.750. The fourth-order valence-corrected chi connectivity index (χ4v) is 5.11. The largest absolute Gasteiger partial charge is 0.353 e. The van der Waals surface area contributed by atoms with Crippen molar-refractivity contribution in [1.82, 2.24) is 9.62 Å². The normalized spacial score (nSPS) is 18.9. The number of nitrogens with zero attached hydrogens (tertiary/aromatic N) is 1. The van der Waals surface area contributed by atoms with Crippen molar-refractivity contribution in [3.8, 4) is 0 Å². The molecule has 5 nitrogen and oxygen atoms in total.